The summed E-state index contributed by atoms with van der Waals surface area (Å²) in [6.07, 6.45) is 0. The Morgan fingerprint density at radius 1 is 1.43 bits per heavy atom. The van der Waals surface area contributed by atoms with Crippen molar-refractivity contribution in [3.63, 3.8) is 0 Å². The maximum absolute atomic E-state index is 12.7. The number of rotatable bonds is 3. The minimum absolute atomic E-state index is 0.0333. The highest BCUT2D eigenvalue weighted by atomic mass is 19.3. The first-order chi connectivity index (χ1) is 11.0. The van der Waals surface area contributed by atoms with Crippen molar-refractivity contribution in [2.75, 3.05) is 0 Å². The predicted octanol–water partition coefficient (Wildman–Crippen LogP) is 2.96. The Bertz CT molecular complexity index is 797. The summed E-state index contributed by atoms with van der Waals surface area (Å²) in [7, 11) is 0. The molecule has 8 heteroatoms. The Labute approximate surface area is 130 Å². The number of H-pyrrole nitrogens is 1. The van der Waals surface area contributed by atoms with Crippen LogP contribution in [-0.4, -0.2) is 22.7 Å². The van der Waals surface area contributed by atoms with Gasteiger partial charge in [0.2, 0.25) is 11.8 Å². The molecule has 0 radical (unpaired) electrons. The lowest BCUT2D eigenvalue weighted by Gasteiger charge is -2.28. The van der Waals surface area contributed by atoms with E-state index in [1.165, 1.54) is 6.07 Å². The smallest absolute Gasteiger partial charge is 0.387 e. The fourth-order valence-corrected chi connectivity index (χ4v) is 2.75. The Hall–Kier alpha value is -2.95. The average Bonchev–Trinajstić information content (AvgIpc) is 2.87. The third kappa shape index (κ3) is 2.50. The van der Waals surface area contributed by atoms with Gasteiger partial charge in [0, 0.05) is 22.7 Å². The molecule has 0 amide bonds. The molecule has 0 fully saturated rings. The maximum Gasteiger partial charge on any atom is 0.387 e. The van der Waals surface area contributed by atoms with Crippen LogP contribution in [-0.2, 0) is 0 Å². The summed E-state index contributed by atoms with van der Waals surface area (Å²) < 4.78 is 35.2. The van der Waals surface area contributed by atoms with Crippen LogP contribution in [0.15, 0.2) is 24.3 Å². The van der Waals surface area contributed by atoms with Crippen molar-refractivity contribution in [1.82, 2.24) is 10.2 Å². The largest absolute Gasteiger partial charge is 0.435 e. The molecule has 0 aliphatic carbocycles. The standard InChI is InChI=1S/C15H12F2N4O2/c1-7-11-12(8-4-2-3-5-10(8)22-15(16)17)9(6-18)13(19)23-14(11)21-20-7/h2-5,9,12,15,19H,1H3,(H,20,21). The summed E-state index contributed by atoms with van der Waals surface area (Å²) in [6, 6.07) is 8.24. The van der Waals surface area contributed by atoms with Crippen molar-refractivity contribution in [1.29, 1.82) is 10.7 Å². The molecule has 1 aromatic carbocycles. The summed E-state index contributed by atoms with van der Waals surface area (Å²) in [6.45, 7) is -1.25. The molecule has 0 saturated heterocycles. The second-order valence-electron chi connectivity index (χ2n) is 5.03. The number of hydrogen-bond acceptors (Lipinski definition) is 5. The van der Waals surface area contributed by atoms with Gasteiger partial charge in [-0.05, 0) is 13.0 Å². The zero-order valence-electron chi connectivity index (χ0n) is 12.0. The van der Waals surface area contributed by atoms with E-state index < -0.39 is 18.4 Å². The zero-order chi connectivity index (χ0) is 16.6. The molecule has 23 heavy (non-hydrogen) atoms. The van der Waals surface area contributed by atoms with Gasteiger partial charge in [0.25, 0.3) is 0 Å². The van der Waals surface area contributed by atoms with Crippen LogP contribution < -0.4 is 9.47 Å². The number of nitrogens with one attached hydrogen (secondary N) is 2. The first-order valence-electron chi connectivity index (χ1n) is 6.77. The van der Waals surface area contributed by atoms with Crippen LogP contribution in [0.3, 0.4) is 0 Å². The highest BCUT2D eigenvalue weighted by Gasteiger charge is 2.41. The molecule has 2 heterocycles. The second-order valence-corrected chi connectivity index (χ2v) is 5.03. The number of halogens is 2. The number of aromatic amines is 1. The molecule has 2 unspecified atom stereocenters. The number of nitriles is 1. The lowest BCUT2D eigenvalue weighted by molar-refractivity contribution is -0.0506. The van der Waals surface area contributed by atoms with Crippen molar-refractivity contribution in [2.45, 2.75) is 19.5 Å². The van der Waals surface area contributed by atoms with Gasteiger partial charge in [-0.25, -0.2) is 0 Å². The van der Waals surface area contributed by atoms with E-state index in [1.807, 2.05) is 6.07 Å². The van der Waals surface area contributed by atoms with Gasteiger partial charge in [0.15, 0.2) is 0 Å². The topological polar surface area (TPSA) is 94.8 Å². The van der Waals surface area contributed by atoms with E-state index in [0.29, 0.717) is 16.8 Å². The van der Waals surface area contributed by atoms with E-state index in [0.717, 1.165) is 0 Å². The summed E-state index contributed by atoms with van der Waals surface area (Å²) in [4.78, 5) is 0. The number of para-hydroxylation sites is 1. The number of fused-ring (bicyclic) bond motifs is 1. The molecule has 2 aromatic rings. The summed E-state index contributed by atoms with van der Waals surface area (Å²) in [5.41, 5.74) is 1.60. The molecule has 1 aliphatic rings. The minimum Gasteiger partial charge on any atom is -0.435 e. The monoisotopic (exact) mass is 318 g/mol. The summed E-state index contributed by atoms with van der Waals surface area (Å²) in [5.74, 6) is -1.76. The highest BCUT2D eigenvalue weighted by molar-refractivity contribution is 5.85. The first kappa shape index (κ1) is 15.0. The van der Waals surface area contributed by atoms with Gasteiger partial charge in [-0.1, -0.05) is 18.2 Å². The van der Waals surface area contributed by atoms with E-state index >= 15 is 0 Å². The van der Waals surface area contributed by atoms with Crippen molar-refractivity contribution < 1.29 is 18.3 Å². The molecule has 1 aliphatic heterocycles. The molecule has 6 nitrogen and oxygen atoms in total. The Morgan fingerprint density at radius 3 is 2.87 bits per heavy atom. The molecule has 1 aromatic heterocycles. The molecular weight excluding hydrogens is 306 g/mol. The number of hydrogen-bond donors (Lipinski definition) is 2. The van der Waals surface area contributed by atoms with E-state index in [-0.39, 0.29) is 17.5 Å². The van der Waals surface area contributed by atoms with Crippen LogP contribution in [0.4, 0.5) is 8.78 Å². The number of alkyl halides is 2. The Morgan fingerprint density at radius 2 is 2.17 bits per heavy atom. The molecule has 2 atom stereocenters. The van der Waals surface area contributed by atoms with Gasteiger partial charge in [-0.15, -0.1) is 5.10 Å². The van der Waals surface area contributed by atoms with Crippen LogP contribution >= 0.6 is 0 Å². The van der Waals surface area contributed by atoms with Gasteiger partial charge in [-0.3, -0.25) is 10.5 Å². The number of nitrogens with zero attached hydrogens (tertiary/aromatic N) is 2. The number of aromatic nitrogens is 2. The molecular formula is C15H12F2N4O2. The van der Waals surface area contributed by atoms with Crippen LogP contribution in [0.25, 0.3) is 0 Å². The van der Waals surface area contributed by atoms with Crippen LogP contribution in [0.1, 0.15) is 22.7 Å². The van der Waals surface area contributed by atoms with Gasteiger partial charge < -0.3 is 9.47 Å². The molecule has 0 spiro atoms. The van der Waals surface area contributed by atoms with E-state index in [2.05, 4.69) is 14.9 Å². The minimum atomic E-state index is -2.99. The SMILES string of the molecule is Cc1[nH]nc2c1C(c1ccccc1OC(F)F)C(C#N)C(=N)O2. The molecule has 0 bridgehead atoms. The lowest BCUT2D eigenvalue weighted by atomic mass is 9.79. The zero-order valence-corrected chi connectivity index (χ0v) is 12.0. The Balaban J connectivity index is 2.19. The summed E-state index contributed by atoms with van der Waals surface area (Å²) in [5, 5.41) is 24.0. The molecule has 0 saturated carbocycles. The second kappa shape index (κ2) is 5.68. The van der Waals surface area contributed by atoms with Crippen molar-refractivity contribution in [3.05, 3.63) is 41.1 Å². The third-order valence-electron chi connectivity index (χ3n) is 3.70. The number of ether oxygens (including phenoxy) is 2. The molecule has 3 rings (SSSR count). The van der Waals surface area contributed by atoms with Crippen molar-refractivity contribution >= 4 is 5.90 Å². The van der Waals surface area contributed by atoms with E-state index in [4.69, 9.17) is 10.1 Å². The van der Waals surface area contributed by atoms with Gasteiger partial charge >= 0.3 is 6.61 Å². The molecule has 2 N–H and O–H groups in total. The van der Waals surface area contributed by atoms with Crippen LogP contribution in [0, 0.1) is 29.6 Å². The average molecular weight is 318 g/mol. The maximum atomic E-state index is 12.7. The third-order valence-corrected chi connectivity index (χ3v) is 3.70. The number of benzene rings is 1. The summed E-state index contributed by atoms with van der Waals surface area (Å²) >= 11 is 0. The van der Waals surface area contributed by atoms with Gasteiger partial charge in [0.1, 0.15) is 11.7 Å². The normalized spacial score (nSPS) is 19.9. The van der Waals surface area contributed by atoms with Crippen molar-refractivity contribution in [3.8, 4) is 17.7 Å². The van der Waals surface area contributed by atoms with Crippen LogP contribution in [0.5, 0.6) is 11.6 Å². The number of aryl methyl sites for hydroxylation is 1. The van der Waals surface area contributed by atoms with Gasteiger partial charge in [0.05, 0.1) is 6.07 Å². The quantitative estimate of drug-likeness (QED) is 0.909. The lowest BCUT2D eigenvalue weighted by Crippen LogP contribution is -2.31. The van der Waals surface area contributed by atoms with Crippen molar-refractivity contribution in [2.24, 2.45) is 5.92 Å². The van der Waals surface area contributed by atoms with E-state index in [1.54, 1.807) is 25.1 Å². The van der Waals surface area contributed by atoms with Crippen LogP contribution in [0.2, 0.25) is 0 Å². The van der Waals surface area contributed by atoms with E-state index in [9.17, 15) is 14.0 Å². The highest BCUT2D eigenvalue weighted by Crippen LogP contribution is 2.45. The first-order valence-corrected chi connectivity index (χ1v) is 6.77. The fourth-order valence-electron chi connectivity index (χ4n) is 2.75. The molecule has 118 valence electrons. The predicted molar refractivity (Wildman–Crippen MR) is 75.7 cm³/mol. The fraction of sp³-hybridized carbons (Fsp3) is 0.267. The van der Waals surface area contributed by atoms with Gasteiger partial charge in [-0.2, -0.15) is 14.0 Å². The Kier molecular flexibility index (Phi) is 3.70.